The molecule has 3 rings (SSSR count). The lowest BCUT2D eigenvalue weighted by molar-refractivity contribution is -0.124. The second kappa shape index (κ2) is 12.1. The van der Waals surface area contributed by atoms with E-state index in [9.17, 15) is 9.59 Å². The summed E-state index contributed by atoms with van der Waals surface area (Å²) in [7, 11) is 0. The van der Waals surface area contributed by atoms with Gasteiger partial charge in [0.05, 0.1) is 6.04 Å². The second-order valence-electron chi connectivity index (χ2n) is 7.55. The molecule has 0 unspecified atom stereocenters. The molecule has 2 atom stereocenters. The molecule has 0 saturated heterocycles. The summed E-state index contributed by atoms with van der Waals surface area (Å²) in [5.74, 6) is 1.36. The maximum Gasteiger partial charge on any atom is 0.408 e. The summed E-state index contributed by atoms with van der Waals surface area (Å²) in [6, 6.07) is 8.99. The van der Waals surface area contributed by atoms with E-state index < -0.39 is 12.1 Å². The molecule has 0 saturated carbocycles. The van der Waals surface area contributed by atoms with E-state index in [1.54, 1.807) is 11.8 Å². The molecule has 8 heteroatoms. The summed E-state index contributed by atoms with van der Waals surface area (Å²) in [5.41, 5.74) is 1.95. The van der Waals surface area contributed by atoms with Gasteiger partial charge in [0.25, 0.3) is 0 Å². The van der Waals surface area contributed by atoms with Crippen LogP contribution in [0.1, 0.15) is 26.2 Å². The SMILES string of the molecule is C=CCOC(=O)N[C@H]1CCCCSc2cncc(c2)-c2ccccc2OC[C@@H](C)NC1=O. The molecular formula is C24H29N3O4S. The van der Waals surface area contributed by atoms with Gasteiger partial charge in [-0.05, 0) is 37.7 Å². The third-order valence-electron chi connectivity index (χ3n) is 4.89. The Morgan fingerprint density at radius 3 is 3.06 bits per heavy atom. The lowest BCUT2D eigenvalue weighted by Gasteiger charge is -2.22. The van der Waals surface area contributed by atoms with Crippen molar-refractivity contribution in [1.82, 2.24) is 15.6 Å². The van der Waals surface area contributed by atoms with Crippen LogP contribution >= 0.6 is 11.8 Å². The van der Waals surface area contributed by atoms with E-state index >= 15 is 0 Å². The highest BCUT2D eigenvalue weighted by Gasteiger charge is 2.23. The number of rotatable bonds is 3. The maximum atomic E-state index is 12.8. The third-order valence-corrected chi connectivity index (χ3v) is 5.93. The highest BCUT2D eigenvalue weighted by Crippen LogP contribution is 2.32. The fourth-order valence-electron chi connectivity index (χ4n) is 3.30. The van der Waals surface area contributed by atoms with Crippen molar-refractivity contribution in [2.45, 2.75) is 43.2 Å². The van der Waals surface area contributed by atoms with Gasteiger partial charge in [-0.15, -0.1) is 11.8 Å². The minimum atomic E-state index is -0.676. The van der Waals surface area contributed by atoms with Crippen LogP contribution in [0.3, 0.4) is 0 Å². The Bertz CT molecular complexity index is 937. The lowest BCUT2D eigenvalue weighted by atomic mass is 10.1. The van der Waals surface area contributed by atoms with Crippen LogP contribution in [0.2, 0.25) is 0 Å². The maximum absolute atomic E-state index is 12.8. The fourth-order valence-corrected chi connectivity index (χ4v) is 4.23. The summed E-state index contributed by atoms with van der Waals surface area (Å²) in [5, 5.41) is 5.61. The Hall–Kier alpha value is -3.00. The summed E-state index contributed by atoms with van der Waals surface area (Å²) in [6.45, 7) is 5.78. The molecule has 2 N–H and O–H groups in total. The number of amides is 2. The van der Waals surface area contributed by atoms with Crippen molar-refractivity contribution < 1.29 is 19.1 Å². The van der Waals surface area contributed by atoms with E-state index in [1.807, 2.05) is 43.6 Å². The molecular weight excluding hydrogens is 426 g/mol. The number of hydrogen-bond acceptors (Lipinski definition) is 6. The number of pyridine rings is 1. The Morgan fingerprint density at radius 1 is 1.38 bits per heavy atom. The lowest BCUT2D eigenvalue weighted by Crippen LogP contribution is -2.50. The molecule has 1 aliphatic heterocycles. The van der Waals surface area contributed by atoms with Gasteiger partial charge in [-0.3, -0.25) is 9.78 Å². The van der Waals surface area contributed by atoms with Gasteiger partial charge in [-0.2, -0.15) is 0 Å². The number of aromatic nitrogens is 1. The normalized spacial score (nSPS) is 19.6. The van der Waals surface area contributed by atoms with E-state index in [4.69, 9.17) is 9.47 Å². The zero-order valence-electron chi connectivity index (χ0n) is 18.2. The first-order valence-electron chi connectivity index (χ1n) is 10.7. The van der Waals surface area contributed by atoms with Crippen molar-refractivity contribution in [2.24, 2.45) is 0 Å². The molecule has 0 radical (unpaired) electrons. The monoisotopic (exact) mass is 455 g/mol. The van der Waals surface area contributed by atoms with Crippen molar-refractivity contribution in [2.75, 3.05) is 19.0 Å². The van der Waals surface area contributed by atoms with E-state index in [2.05, 4.69) is 28.3 Å². The molecule has 1 aromatic carbocycles. The van der Waals surface area contributed by atoms with Gasteiger partial charge in [0.1, 0.15) is 25.0 Å². The number of thioether (sulfide) groups is 1. The van der Waals surface area contributed by atoms with Crippen LogP contribution in [0.15, 0.2) is 60.3 Å². The molecule has 0 fully saturated rings. The topological polar surface area (TPSA) is 89.6 Å². The van der Waals surface area contributed by atoms with Crippen molar-refractivity contribution in [3.8, 4) is 16.9 Å². The van der Waals surface area contributed by atoms with Crippen molar-refractivity contribution in [3.05, 3.63) is 55.4 Å². The fraction of sp³-hybridized carbons (Fsp3) is 0.375. The second-order valence-corrected chi connectivity index (χ2v) is 8.72. The van der Waals surface area contributed by atoms with Crippen molar-refractivity contribution in [1.29, 1.82) is 0 Å². The molecule has 7 nitrogen and oxygen atoms in total. The van der Waals surface area contributed by atoms with Crippen molar-refractivity contribution >= 4 is 23.8 Å². The number of nitrogens with zero attached hydrogens (tertiary/aromatic N) is 1. The van der Waals surface area contributed by atoms with Gasteiger partial charge in [0.15, 0.2) is 0 Å². The minimum Gasteiger partial charge on any atom is -0.491 e. The smallest absolute Gasteiger partial charge is 0.408 e. The molecule has 2 heterocycles. The standard InChI is InChI=1S/C24H29N3O4S/c1-3-11-30-24(29)27-21-9-6-7-12-32-19-13-18(14-25-15-19)20-8-4-5-10-22(20)31-16-17(2)26-23(21)28/h3-5,8,10,13-15,17,21H,1,6-7,9,11-12,16H2,2H3,(H,26,28)(H,27,29)/t17-,21+/m1/s1. The van der Waals surface area contributed by atoms with E-state index in [0.717, 1.165) is 40.4 Å². The quantitative estimate of drug-likeness (QED) is 0.675. The van der Waals surface area contributed by atoms with Crippen LogP contribution in [-0.2, 0) is 9.53 Å². The molecule has 170 valence electrons. The highest BCUT2D eigenvalue weighted by atomic mass is 32.2. The number of carbonyl (C=O) groups is 2. The van der Waals surface area contributed by atoms with Crippen molar-refractivity contribution in [3.63, 3.8) is 0 Å². The molecule has 1 aromatic heterocycles. The number of benzene rings is 1. The molecule has 0 aliphatic carbocycles. The predicted octanol–water partition coefficient (Wildman–Crippen LogP) is 4.19. The van der Waals surface area contributed by atoms with Gasteiger partial charge in [-0.25, -0.2) is 4.79 Å². The Labute approximate surface area is 193 Å². The molecule has 32 heavy (non-hydrogen) atoms. The van der Waals surface area contributed by atoms with Gasteiger partial charge in [0, 0.05) is 28.4 Å². The summed E-state index contributed by atoms with van der Waals surface area (Å²) < 4.78 is 11.0. The number of carbonyl (C=O) groups excluding carboxylic acids is 2. The number of alkyl carbamates (subject to hydrolysis) is 1. The zero-order chi connectivity index (χ0) is 22.8. The average molecular weight is 456 g/mol. The number of hydrogen-bond donors (Lipinski definition) is 2. The Balaban J connectivity index is 1.77. The van der Waals surface area contributed by atoms with E-state index in [0.29, 0.717) is 6.42 Å². The number of ether oxygens (including phenoxy) is 2. The Kier molecular flexibility index (Phi) is 8.98. The third kappa shape index (κ3) is 7.02. The minimum absolute atomic E-state index is 0.0908. The first-order valence-corrected chi connectivity index (χ1v) is 11.7. The van der Waals surface area contributed by atoms with Crippen LogP contribution in [0.5, 0.6) is 5.75 Å². The molecule has 2 amide bonds. The number of para-hydroxylation sites is 1. The Morgan fingerprint density at radius 2 is 2.22 bits per heavy atom. The van der Waals surface area contributed by atoms with Gasteiger partial charge in [0.2, 0.25) is 5.91 Å². The van der Waals surface area contributed by atoms with E-state index in [1.165, 1.54) is 6.08 Å². The van der Waals surface area contributed by atoms with Crippen LogP contribution < -0.4 is 15.4 Å². The molecule has 1 aliphatic rings. The summed E-state index contributed by atoms with van der Waals surface area (Å²) in [6.07, 6.45) is 6.75. The van der Waals surface area contributed by atoms with Gasteiger partial charge in [-0.1, -0.05) is 37.3 Å². The van der Waals surface area contributed by atoms with Crippen LogP contribution in [0.4, 0.5) is 4.79 Å². The molecule has 0 spiro atoms. The zero-order valence-corrected chi connectivity index (χ0v) is 19.0. The largest absolute Gasteiger partial charge is 0.491 e. The molecule has 2 bridgehead atoms. The van der Waals surface area contributed by atoms with Gasteiger partial charge >= 0.3 is 6.09 Å². The van der Waals surface area contributed by atoms with Crippen LogP contribution in [0.25, 0.3) is 11.1 Å². The van der Waals surface area contributed by atoms with Gasteiger partial charge < -0.3 is 20.1 Å². The number of nitrogens with one attached hydrogen (secondary N) is 2. The molecule has 2 aromatic rings. The number of fused-ring (bicyclic) bond motifs is 4. The predicted molar refractivity (Wildman–Crippen MR) is 126 cm³/mol. The van der Waals surface area contributed by atoms with Crippen LogP contribution in [-0.4, -0.2) is 48.0 Å². The summed E-state index contributed by atoms with van der Waals surface area (Å²) in [4.78, 5) is 30.3. The summed E-state index contributed by atoms with van der Waals surface area (Å²) >= 11 is 1.72. The average Bonchev–Trinajstić information content (AvgIpc) is 2.80. The highest BCUT2D eigenvalue weighted by molar-refractivity contribution is 7.99. The first kappa shape index (κ1) is 23.7. The van der Waals surface area contributed by atoms with Crippen LogP contribution in [0, 0.1) is 0 Å². The van der Waals surface area contributed by atoms with E-state index in [-0.39, 0.29) is 25.2 Å². The first-order chi connectivity index (χ1) is 15.6.